The van der Waals surface area contributed by atoms with Crippen molar-refractivity contribution in [3.63, 3.8) is 0 Å². The van der Waals surface area contributed by atoms with Gasteiger partial charge in [0.15, 0.2) is 0 Å². The van der Waals surface area contributed by atoms with E-state index in [9.17, 15) is 14.4 Å². The van der Waals surface area contributed by atoms with E-state index < -0.39 is 35.0 Å². The molecule has 0 atom stereocenters. The minimum Gasteiger partial charge on any atom is -0.480 e. The monoisotopic (exact) mass is 218 g/mol. The zero-order valence-electron chi connectivity index (χ0n) is 7.04. The molecule has 0 fully saturated rings. The van der Waals surface area contributed by atoms with E-state index in [4.69, 9.17) is 25.5 Å². The fraction of sp³-hybridized carbons (Fsp3) is 0. The lowest BCUT2D eigenvalue weighted by Crippen LogP contribution is -2.13. The van der Waals surface area contributed by atoms with Gasteiger partial charge in [-0.25, -0.2) is 14.4 Å². The van der Waals surface area contributed by atoms with Crippen LogP contribution in [0, 0.1) is 0 Å². The summed E-state index contributed by atoms with van der Waals surface area (Å²) in [7, 11) is 0. The maximum Gasteiger partial charge on any atom is 0.343 e. The van der Waals surface area contributed by atoms with Crippen LogP contribution in [0.5, 0.6) is 0 Å². The molecule has 0 saturated carbocycles. The van der Waals surface area contributed by atoms with Gasteiger partial charge in [0.05, 0.1) is 0 Å². The third-order valence-corrected chi connectivity index (χ3v) is 1.22. The molecule has 0 aromatic carbocycles. The highest BCUT2D eigenvalue weighted by atomic mass is 16.5. The van der Waals surface area contributed by atoms with Gasteiger partial charge < -0.3 is 25.5 Å². The fourth-order valence-electron chi connectivity index (χ4n) is 0.581. The Hall–Kier alpha value is -2.51. The smallest absolute Gasteiger partial charge is 0.343 e. The van der Waals surface area contributed by atoms with Gasteiger partial charge in [-0.1, -0.05) is 0 Å². The second-order valence-corrected chi connectivity index (χ2v) is 2.21. The zero-order chi connectivity index (χ0) is 12.2. The summed E-state index contributed by atoms with van der Waals surface area (Å²) in [5.41, 5.74) is -2.53. The second kappa shape index (κ2) is 4.65. The van der Waals surface area contributed by atoms with Gasteiger partial charge in [-0.3, -0.25) is 0 Å². The SMILES string of the molecule is O=C(O)C(=CC(C(=O)O)=C(O)O)C(=O)O. The molecule has 0 amide bonds. The standard InChI is InChI=1S/C7H6O8/c8-4(9)2(5(10)11)1-3(6(12)13)7(14)15/h1,8-9H,(H,10,11)(H,12,13)(H,14,15). The average Bonchev–Trinajstić information content (AvgIpc) is 2.01. The van der Waals surface area contributed by atoms with Crippen molar-refractivity contribution in [2.75, 3.05) is 0 Å². The fourth-order valence-corrected chi connectivity index (χ4v) is 0.581. The van der Waals surface area contributed by atoms with Crippen LogP contribution in [0.2, 0.25) is 0 Å². The average molecular weight is 218 g/mol. The zero-order valence-corrected chi connectivity index (χ0v) is 7.04. The largest absolute Gasteiger partial charge is 0.480 e. The molecule has 0 bridgehead atoms. The number of rotatable bonds is 4. The third-order valence-electron chi connectivity index (χ3n) is 1.22. The molecule has 82 valence electrons. The Morgan fingerprint density at radius 3 is 1.33 bits per heavy atom. The summed E-state index contributed by atoms with van der Waals surface area (Å²) in [4.78, 5) is 30.9. The van der Waals surface area contributed by atoms with Gasteiger partial charge in [0, 0.05) is 0 Å². The van der Waals surface area contributed by atoms with Gasteiger partial charge in [0.25, 0.3) is 5.95 Å². The van der Waals surface area contributed by atoms with Gasteiger partial charge in [0.1, 0.15) is 11.1 Å². The summed E-state index contributed by atoms with van der Waals surface area (Å²) in [5.74, 6) is -7.34. The van der Waals surface area contributed by atoms with Gasteiger partial charge in [-0.05, 0) is 6.08 Å². The molecule has 8 heteroatoms. The van der Waals surface area contributed by atoms with E-state index in [1.807, 2.05) is 0 Å². The van der Waals surface area contributed by atoms with Crippen molar-refractivity contribution in [2.24, 2.45) is 0 Å². The minimum absolute atomic E-state index is 0.127. The Morgan fingerprint density at radius 2 is 1.13 bits per heavy atom. The minimum atomic E-state index is -1.90. The molecule has 0 spiro atoms. The molecule has 0 rings (SSSR count). The van der Waals surface area contributed by atoms with E-state index in [1.54, 1.807) is 0 Å². The van der Waals surface area contributed by atoms with Crippen molar-refractivity contribution in [1.29, 1.82) is 0 Å². The van der Waals surface area contributed by atoms with E-state index in [0.717, 1.165) is 0 Å². The molecule has 0 heterocycles. The second-order valence-electron chi connectivity index (χ2n) is 2.21. The lowest BCUT2D eigenvalue weighted by atomic mass is 10.1. The predicted molar refractivity (Wildman–Crippen MR) is 43.3 cm³/mol. The lowest BCUT2D eigenvalue weighted by molar-refractivity contribution is -0.140. The number of carbonyl (C=O) groups is 3. The van der Waals surface area contributed by atoms with E-state index in [1.165, 1.54) is 0 Å². The van der Waals surface area contributed by atoms with Crippen LogP contribution in [0.1, 0.15) is 0 Å². The summed E-state index contributed by atoms with van der Waals surface area (Å²) < 4.78 is 0. The molecule has 0 unspecified atom stereocenters. The highest BCUT2D eigenvalue weighted by Gasteiger charge is 2.21. The number of hydrogen-bond acceptors (Lipinski definition) is 5. The number of aliphatic carboxylic acids is 3. The van der Waals surface area contributed by atoms with Crippen molar-refractivity contribution in [2.45, 2.75) is 0 Å². The molecule has 0 aliphatic carbocycles. The molecule has 0 saturated heterocycles. The van der Waals surface area contributed by atoms with Crippen molar-refractivity contribution in [3.8, 4) is 0 Å². The van der Waals surface area contributed by atoms with Crippen molar-refractivity contribution in [1.82, 2.24) is 0 Å². The van der Waals surface area contributed by atoms with Gasteiger partial charge in [-0.15, -0.1) is 0 Å². The van der Waals surface area contributed by atoms with E-state index in [-0.39, 0.29) is 6.08 Å². The number of hydrogen-bond donors (Lipinski definition) is 5. The first-order valence-corrected chi connectivity index (χ1v) is 3.31. The molecule has 0 aromatic heterocycles. The summed E-state index contributed by atoms with van der Waals surface area (Å²) in [6.07, 6.45) is 0.127. The number of aliphatic hydroxyl groups is 2. The summed E-state index contributed by atoms with van der Waals surface area (Å²) >= 11 is 0. The summed E-state index contributed by atoms with van der Waals surface area (Å²) in [6.45, 7) is 0. The first kappa shape index (κ1) is 12.5. The number of carboxylic acids is 3. The first-order valence-electron chi connectivity index (χ1n) is 3.31. The molecule has 0 aliphatic heterocycles. The lowest BCUT2D eigenvalue weighted by Gasteiger charge is -1.97. The van der Waals surface area contributed by atoms with Gasteiger partial charge in [0.2, 0.25) is 0 Å². The Bertz CT molecular complexity index is 354. The van der Waals surface area contributed by atoms with Crippen LogP contribution < -0.4 is 0 Å². The molecule has 5 N–H and O–H groups in total. The van der Waals surface area contributed by atoms with E-state index in [0.29, 0.717) is 0 Å². The molecule has 0 aromatic rings. The summed E-state index contributed by atoms with van der Waals surface area (Å²) in [6, 6.07) is 0. The van der Waals surface area contributed by atoms with Crippen LogP contribution in [0.15, 0.2) is 23.2 Å². The highest BCUT2D eigenvalue weighted by molar-refractivity contribution is 6.14. The van der Waals surface area contributed by atoms with Crippen LogP contribution in [0.4, 0.5) is 0 Å². The van der Waals surface area contributed by atoms with Crippen LogP contribution >= 0.6 is 0 Å². The van der Waals surface area contributed by atoms with Crippen molar-refractivity contribution < 1.29 is 39.9 Å². The van der Waals surface area contributed by atoms with Crippen molar-refractivity contribution >= 4 is 17.9 Å². The number of aliphatic hydroxyl groups excluding tert-OH is 1. The molecular weight excluding hydrogens is 212 g/mol. The summed E-state index contributed by atoms with van der Waals surface area (Å²) in [5, 5.41) is 41.8. The van der Waals surface area contributed by atoms with Crippen LogP contribution in [-0.4, -0.2) is 43.4 Å². The first-order chi connectivity index (χ1) is 6.77. The molecule has 15 heavy (non-hydrogen) atoms. The van der Waals surface area contributed by atoms with Gasteiger partial charge >= 0.3 is 17.9 Å². The highest BCUT2D eigenvalue weighted by Crippen LogP contribution is 2.06. The van der Waals surface area contributed by atoms with Crippen molar-refractivity contribution in [3.05, 3.63) is 23.2 Å². The van der Waals surface area contributed by atoms with Crippen LogP contribution in [0.3, 0.4) is 0 Å². The number of carboxylic acid groups (broad SMARTS) is 3. The topological polar surface area (TPSA) is 152 Å². The molecule has 0 radical (unpaired) electrons. The Labute approximate surface area is 82.0 Å². The Morgan fingerprint density at radius 1 is 0.733 bits per heavy atom. The van der Waals surface area contributed by atoms with Crippen LogP contribution in [-0.2, 0) is 14.4 Å². The molecular formula is C7H6O8. The molecule has 8 nitrogen and oxygen atoms in total. The maximum atomic E-state index is 10.3. The third kappa shape index (κ3) is 3.38. The van der Waals surface area contributed by atoms with E-state index >= 15 is 0 Å². The quantitative estimate of drug-likeness (QED) is 0.139. The van der Waals surface area contributed by atoms with E-state index in [2.05, 4.69) is 0 Å². The Kier molecular flexibility index (Phi) is 3.87. The van der Waals surface area contributed by atoms with Crippen LogP contribution in [0.25, 0.3) is 0 Å². The maximum absolute atomic E-state index is 10.3. The predicted octanol–water partition coefficient (Wildman–Crippen LogP) is -0.506. The Balaban J connectivity index is 5.49. The normalized spacial score (nSPS) is 8.80. The molecule has 0 aliphatic rings. The van der Waals surface area contributed by atoms with Gasteiger partial charge in [-0.2, -0.15) is 0 Å².